The lowest BCUT2D eigenvalue weighted by Gasteiger charge is -2.10. The summed E-state index contributed by atoms with van der Waals surface area (Å²) in [6, 6.07) is 13.7. The van der Waals surface area contributed by atoms with Gasteiger partial charge in [0.05, 0.1) is 16.7 Å². The van der Waals surface area contributed by atoms with E-state index in [-0.39, 0.29) is 18.2 Å². The number of furan rings is 1. The molecule has 0 unspecified atom stereocenters. The van der Waals surface area contributed by atoms with Gasteiger partial charge in [-0.15, -0.1) is 0 Å². The van der Waals surface area contributed by atoms with Crippen LogP contribution in [-0.2, 0) is 12.8 Å². The van der Waals surface area contributed by atoms with E-state index in [4.69, 9.17) is 9.15 Å². The van der Waals surface area contributed by atoms with E-state index >= 15 is 0 Å². The Morgan fingerprint density at radius 2 is 1.84 bits per heavy atom. The molecule has 10 heteroatoms. The molecule has 6 nitrogen and oxygen atoms in total. The van der Waals surface area contributed by atoms with Gasteiger partial charge in [-0.1, -0.05) is 23.9 Å². The molecule has 0 radical (unpaired) electrons. The fourth-order valence-corrected chi connectivity index (χ4v) is 3.73. The summed E-state index contributed by atoms with van der Waals surface area (Å²) in [4.78, 5) is 17.5. The second-order valence-electron chi connectivity index (χ2n) is 6.48. The molecule has 0 aliphatic heterocycles. The van der Waals surface area contributed by atoms with Gasteiger partial charge in [0.15, 0.2) is 5.76 Å². The van der Waals surface area contributed by atoms with Gasteiger partial charge in [-0.05, 0) is 48.0 Å². The SMILES string of the molecule is O=c1[nH]c(O)c(-c2occc2Sc2ccc(OCc3cccc(C(F)(F)F)c3)cc2)[nH]1. The van der Waals surface area contributed by atoms with Crippen LogP contribution in [0.1, 0.15) is 11.1 Å². The van der Waals surface area contributed by atoms with Gasteiger partial charge < -0.3 is 14.3 Å². The van der Waals surface area contributed by atoms with Crippen molar-refractivity contribution in [2.24, 2.45) is 0 Å². The van der Waals surface area contributed by atoms with E-state index in [1.807, 2.05) is 0 Å². The van der Waals surface area contributed by atoms with E-state index in [1.54, 1.807) is 36.4 Å². The van der Waals surface area contributed by atoms with Gasteiger partial charge in [-0.2, -0.15) is 13.2 Å². The van der Waals surface area contributed by atoms with Crippen LogP contribution in [0.2, 0.25) is 0 Å². The highest BCUT2D eigenvalue weighted by atomic mass is 32.2. The number of imidazole rings is 1. The average molecular weight is 448 g/mol. The minimum atomic E-state index is -4.40. The number of halogens is 3. The summed E-state index contributed by atoms with van der Waals surface area (Å²) in [5, 5.41) is 9.81. The molecule has 2 heterocycles. The molecule has 0 bridgehead atoms. The highest BCUT2D eigenvalue weighted by Crippen LogP contribution is 2.38. The van der Waals surface area contributed by atoms with E-state index in [2.05, 4.69) is 9.97 Å². The molecule has 3 N–H and O–H groups in total. The Morgan fingerprint density at radius 1 is 1.06 bits per heavy atom. The third-order valence-electron chi connectivity index (χ3n) is 4.27. The Morgan fingerprint density at radius 3 is 2.52 bits per heavy atom. The summed E-state index contributed by atoms with van der Waals surface area (Å²) in [5.74, 6) is 0.493. The second kappa shape index (κ2) is 8.31. The Labute approximate surface area is 177 Å². The number of hydrogen-bond donors (Lipinski definition) is 3. The van der Waals surface area contributed by atoms with Crippen LogP contribution < -0.4 is 10.4 Å². The fourth-order valence-electron chi connectivity index (χ4n) is 2.83. The first kappa shape index (κ1) is 20.7. The molecule has 0 atom stereocenters. The number of ether oxygens (including phenoxy) is 1. The van der Waals surface area contributed by atoms with Crippen LogP contribution >= 0.6 is 11.8 Å². The third kappa shape index (κ3) is 4.80. The Hall–Kier alpha value is -3.53. The van der Waals surface area contributed by atoms with Gasteiger partial charge in [0.25, 0.3) is 0 Å². The molecule has 160 valence electrons. The largest absolute Gasteiger partial charge is 0.493 e. The van der Waals surface area contributed by atoms with Gasteiger partial charge in [-0.3, -0.25) is 9.97 Å². The lowest BCUT2D eigenvalue weighted by Crippen LogP contribution is -2.06. The number of hydrogen-bond acceptors (Lipinski definition) is 5. The maximum Gasteiger partial charge on any atom is 0.416 e. The summed E-state index contributed by atoms with van der Waals surface area (Å²) in [5.41, 5.74) is -0.705. The van der Waals surface area contributed by atoms with Crippen LogP contribution in [0.15, 0.2) is 79.9 Å². The Balaban J connectivity index is 1.43. The standard InChI is InChI=1S/C21H15F3N2O4S/c22-21(23,24)13-3-1-2-12(10-13)11-30-14-4-6-15(7-5-14)31-16-8-9-29-18(16)17-19(27)26-20(28)25-17/h1-10,27H,11H2,(H2,25,26,28). The summed E-state index contributed by atoms with van der Waals surface area (Å²) in [7, 11) is 0. The number of aromatic nitrogens is 2. The number of aromatic amines is 2. The molecule has 2 aromatic heterocycles. The van der Waals surface area contributed by atoms with Crippen LogP contribution in [0.4, 0.5) is 13.2 Å². The maximum absolute atomic E-state index is 12.8. The van der Waals surface area contributed by atoms with Crippen molar-refractivity contribution in [1.29, 1.82) is 0 Å². The van der Waals surface area contributed by atoms with Gasteiger partial charge >= 0.3 is 11.9 Å². The molecule has 0 spiro atoms. The van der Waals surface area contributed by atoms with Crippen molar-refractivity contribution in [3.05, 3.63) is 82.5 Å². The molecule has 0 aliphatic rings. The molecule has 2 aromatic carbocycles. The predicted molar refractivity (Wildman–Crippen MR) is 107 cm³/mol. The lowest BCUT2D eigenvalue weighted by atomic mass is 10.1. The monoisotopic (exact) mass is 448 g/mol. The minimum absolute atomic E-state index is 0.00240. The number of benzene rings is 2. The molecular weight excluding hydrogens is 433 g/mol. The highest BCUT2D eigenvalue weighted by molar-refractivity contribution is 7.99. The first-order valence-corrected chi connectivity index (χ1v) is 9.77. The fraction of sp³-hybridized carbons (Fsp3) is 0.0952. The molecule has 0 aliphatic carbocycles. The van der Waals surface area contributed by atoms with Crippen LogP contribution in [-0.4, -0.2) is 15.1 Å². The van der Waals surface area contributed by atoms with E-state index in [0.717, 1.165) is 17.0 Å². The molecule has 0 amide bonds. The van der Waals surface area contributed by atoms with Crippen LogP contribution in [0.3, 0.4) is 0 Å². The summed E-state index contributed by atoms with van der Waals surface area (Å²) in [6.45, 7) is 0.00240. The van der Waals surface area contributed by atoms with Crippen molar-refractivity contribution in [2.75, 3.05) is 0 Å². The molecule has 4 rings (SSSR count). The van der Waals surface area contributed by atoms with Crippen molar-refractivity contribution >= 4 is 11.8 Å². The highest BCUT2D eigenvalue weighted by Gasteiger charge is 2.30. The normalized spacial score (nSPS) is 11.6. The van der Waals surface area contributed by atoms with Gasteiger partial charge in [-0.25, -0.2) is 4.79 Å². The second-order valence-corrected chi connectivity index (χ2v) is 7.59. The quantitative estimate of drug-likeness (QED) is 0.367. The topological polar surface area (TPSA) is 91.2 Å². The molecule has 31 heavy (non-hydrogen) atoms. The van der Waals surface area contributed by atoms with Gasteiger partial charge in [0.1, 0.15) is 18.1 Å². The number of rotatable bonds is 6. The molecular formula is C21H15F3N2O4S. The first-order valence-electron chi connectivity index (χ1n) is 8.95. The molecule has 0 fully saturated rings. The van der Waals surface area contributed by atoms with Crippen LogP contribution in [0.25, 0.3) is 11.5 Å². The van der Waals surface area contributed by atoms with Gasteiger partial charge in [0, 0.05) is 4.90 Å². The predicted octanol–water partition coefficient (Wildman–Crippen LogP) is 5.42. The number of H-pyrrole nitrogens is 2. The van der Waals surface area contributed by atoms with Crippen LogP contribution in [0, 0.1) is 0 Å². The Kier molecular flexibility index (Phi) is 5.55. The smallest absolute Gasteiger partial charge is 0.416 e. The van der Waals surface area contributed by atoms with Crippen molar-refractivity contribution in [2.45, 2.75) is 22.6 Å². The zero-order valence-corrected chi connectivity index (χ0v) is 16.5. The average Bonchev–Trinajstić information content (AvgIpc) is 3.32. The molecule has 4 aromatic rings. The van der Waals surface area contributed by atoms with E-state index in [9.17, 15) is 23.1 Å². The van der Waals surface area contributed by atoms with Crippen molar-refractivity contribution in [3.8, 4) is 23.1 Å². The van der Waals surface area contributed by atoms with Gasteiger partial charge in [0.2, 0.25) is 5.88 Å². The van der Waals surface area contributed by atoms with Crippen molar-refractivity contribution < 1.29 is 27.4 Å². The Bertz CT molecular complexity index is 1240. The zero-order valence-electron chi connectivity index (χ0n) is 15.7. The summed E-state index contributed by atoms with van der Waals surface area (Å²) >= 11 is 1.34. The number of nitrogens with one attached hydrogen (secondary N) is 2. The third-order valence-corrected chi connectivity index (χ3v) is 5.32. The van der Waals surface area contributed by atoms with E-state index in [1.165, 1.54) is 24.1 Å². The summed E-state index contributed by atoms with van der Waals surface area (Å²) in [6.07, 6.45) is -2.96. The molecule has 0 saturated heterocycles. The number of aromatic hydroxyl groups is 1. The van der Waals surface area contributed by atoms with Crippen LogP contribution in [0.5, 0.6) is 11.6 Å². The first-order chi connectivity index (χ1) is 14.8. The minimum Gasteiger partial charge on any atom is -0.493 e. The van der Waals surface area contributed by atoms with Crippen molar-refractivity contribution in [3.63, 3.8) is 0 Å². The lowest BCUT2D eigenvalue weighted by molar-refractivity contribution is -0.137. The summed E-state index contributed by atoms with van der Waals surface area (Å²) < 4.78 is 49.4. The van der Waals surface area contributed by atoms with Crippen molar-refractivity contribution in [1.82, 2.24) is 9.97 Å². The molecule has 0 saturated carbocycles. The maximum atomic E-state index is 12.8. The van der Waals surface area contributed by atoms with E-state index < -0.39 is 17.4 Å². The number of alkyl halides is 3. The zero-order chi connectivity index (χ0) is 22.0. The van der Waals surface area contributed by atoms with E-state index in [0.29, 0.717) is 22.0 Å².